The first kappa shape index (κ1) is 28.6. The Morgan fingerprint density at radius 3 is 2.47 bits per heavy atom. The number of H-pyrrole nitrogens is 1. The maximum Gasteiger partial charge on any atom is 0.471 e. The maximum absolute atomic E-state index is 13.0. The van der Waals surface area contributed by atoms with Gasteiger partial charge in [0.15, 0.2) is 6.23 Å². The molecule has 1 aliphatic rings. The van der Waals surface area contributed by atoms with Gasteiger partial charge < -0.3 is 24.4 Å². The highest BCUT2D eigenvalue weighted by molar-refractivity contribution is 8.05. The molecule has 1 aromatic heterocycles. The van der Waals surface area contributed by atoms with Crippen molar-refractivity contribution in [3.63, 3.8) is 0 Å². The largest absolute Gasteiger partial charge is 0.471 e. The molecule has 1 aromatic rings. The predicted octanol–water partition coefficient (Wildman–Crippen LogP) is 1.62. The molecule has 0 bridgehead atoms. The van der Waals surface area contributed by atoms with Gasteiger partial charge in [-0.1, -0.05) is 11.6 Å². The number of hydrogen-bond acceptors (Lipinski definition) is 8. The number of amides is 1. The zero-order chi connectivity index (χ0) is 26.0. The lowest BCUT2D eigenvalue weighted by Crippen LogP contribution is -2.43. The Balaban J connectivity index is 2.37. The summed E-state index contributed by atoms with van der Waals surface area (Å²) < 4.78 is 60.9. The third-order valence-electron chi connectivity index (χ3n) is 4.65. The predicted molar refractivity (Wildman–Crippen MR) is 113 cm³/mol. The van der Waals surface area contributed by atoms with Gasteiger partial charge in [0.25, 0.3) is 5.56 Å². The number of carbonyl (C=O) groups excluding carboxylic acids is 1. The second-order valence-electron chi connectivity index (χ2n) is 7.54. The molecule has 11 nitrogen and oxygen atoms in total. The lowest BCUT2D eigenvalue weighted by molar-refractivity contribution is -0.185. The molecule has 192 valence electrons. The molecule has 1 amide bonds. The quantitative estimate of drug-likeness (QED) is 0.324. The van der Waals surface area contributed by atoms with E-state index in [2.05, 4.69) is 4.52 Å². The Kier molecular flexibility index (Phi) is 9.19. The van der Waals surface area contributed by atoms with E-state index in [0.717, 1.165) is 6.20 Å². The number of nitrogens with one attached hydrogen (secondary N) is 1. The maximum atomic E-state index is 13.0. The van der Waals surface area contributed by atoms with Crippen LogP contribution in [0.1, 0.15) is 25.6 Å². The van der Waals surface area contributed by atoms with Gasteiger partial charge in [0.05, 0.1) is 18.7 Å². The van der Waals surface area contributed by atoms with Crippen molar-refractivity contribution >= 4 is 34.5 Å². The van der Waals surface area contributed by atoms with Crippen LogP contribution >= 0.6 is 28.6 Å². The molecular formula is C17H21Cl2F3N3O8P. The Morgan fingerprint density at radius 2 is 1.94 bits per heavy atom. The molecule has 34 heavy (non-hydrogen) atoms. The number of aliphatic hydroxyl groups excluding tert-OH is 2. The van der Waals surface area contributed by atoms with Gasteiger partial charge >= 0.3 is 23.8 Å². The number of rotatable bonds is 8. The minimum atomic E-state index is -5.22. The average Bonchev–Trinajstić information content (AvgIpc) is 2.97. The van der Waals surface area contributed by atoms with Crippen LogP contribution in [-0.4, -0.2) is 68.2 Å². The van der Waals surface area contributed by atoms with Crippen LogP contribution in [-0.2, 0) is 25.2 Å². The normalized spacial score (nSPS) is 23.1. The van der Waals surface area contributed by atoms with Crippen LogP contribution in [0.3, 0.4) is 0 Å². The summed E-state index contributed by atoms with van der Waals surface area (Å²) in [7, 11) is 0. The number of aliphatic hydroxyl groups is 2. The highest BCUT2D eigenvalue weighted by Crippen LogP contribution is 2.57. The van der Waals surface area contributed by atoms with E-state index < -0.39 is 79.2 Å². The van der Waals surface area contributed by atoms with Gasteiger partial charge in [-0.15, -0.1) is 0 Å². The summed E-state index contributed by atoms with van der Waals surface area (Å²) in [6.45, 7) is 1.25. The van der Waals surface area contributed by atoms with Gasteiger partial charge in [-0.2, -0.15) is 13.2 Å². The lowest BCUT2D eigenvalue weighted by Gasteiger charge is -2.23. The van der Waals surface area contributed by atoms with Crippen LogP contribution in [0, 0.1) is 0 Å². The molecule has 4 atom stereocenters. The minimum Gasteiger partial charge on any atom is -0.387 e. The van der Waals surface area contributed by atoms with Crippen molar-refractivity contribution in [2.24, 2.45) is 0 Å². The van der Waals surface area contributed by atoms with E-state index in [4.69, 9.17) is 27.2 Å². The van der Waals surface area contributed by atoms with Crippen LogP contribution in [0.25, 0.3) is 0 Å². The fraction of sp³-hybridized carbons (Fsp3) is 0.588. The third-order valence-corrected chi connectivity index (χ3v) is 5.69. The first-order valence-corrected chi connectivity index (χ1v) is 12.9. The average molecular weight is 554 g/mol. The Bertz CT molecular complexity index is 1100. The molecule has 2 heterocycles. The van der Waals surface area contributed by atoms with E-state index in [-0.39, 0.29) is 0 Å². The Hall–Kier alpha value is -1.67. The van der Waals surface area contributed by atoms with Crippen molar-refractivity contribution in [2.75, 3.05) is 13.2 Å². The summed E-state index contributed by atoms with van der Waals surface area (Å²) in [5.41, 5.74) is -2.01. The molecule has 0 saturated carbocycles. The van der Waals surface area contributed by atoms with Crippen LogP contribution in [0.2, 0.25) is 0 Å². The highest BCUT2D eigenvalue weighted by atomic mass is 35.9. The molecule has 0 aliphatic carbocycles. The summed E-state index contributed by atoms with van der Waals surface area (Å²) in [6, 6.07) is 0. The van der Waals surface area contributed by atoms with Gasteiger partial charge in [0.1, 0.15) is 18.3 Å². The summed E-state index contributed by atoms with van der Waals surface area (Å²) in [6.07, 6.45) is -13.5. The number of allylic oxidation sites excluding steroid dienone is 1. The molecule has 0 radical (unpaired) electrons. The fourth-order valence-electron chi connectivity index (χ4n) is 2.98. The Labute approximate surface area is 199 Å². The fourth-order valence-corrected chi connectivity index (χ4v) is 3.64. The van der Waals surface area contributed by atoms with E-state index >= 15 is 0 Å². The Morgan fingerprint density at radius 1 is 1.32 bits per heavy atom. The number of nitrogens with zero attached hydrogens (tertiary/aromatic N) is 2. The number of ether oxygens (including phenoxy) is 1. The second kappa shape index (κ2) is 10.9. The van der Waals surface area contributed by atoms with Gasteiger partial charge in [0, 0.05) is 12.7 Å². The highest BCUT2D eigenvalue weighted by Gasteiger charge is 2.45. The molecule has 1 aliphatic heterocycles. The number of aromatic amines is 1. The molecule has 3 N–H and O–H groups in total. The number of halogens is 5. The summed E-state index contributed by atoms with van der Waals surface area (Å²) in [5, 5.41) is 20.4. The number of alkyl halides is 3. The van der Waals surface area contributed by atoms with Crippen molar-refractivity contribution in [1.29, 1.82) is 0 Å². The van der Waals surface area contributed by atoms with Gasteiger partial charge in [-0.3, -0.25) is 23.7 Å². The van der Waals surface area contributed by atoms with E-state index in [9.17, 15) is 42.3 Å². The minimum absolute atomic E-state index is 0.349. The third kappa shape index (κ3) is 7.41. The first-order valence-electron chi connectivity index (χ1n) is 9.50. The number of hydrogen-bond donors (Lipinski definition) is 3. The zero-order valence-electron chi connectivity index (χ0n) is 17.7. The van der Waals surface area contributed by atoms with Crippen molar-refractivity contribution in [3.05, 3.63) is 44.2 Å². The molecule has 0 aromatic carbocycles. The zero-order valence-corrected chi connectivity index (χ0v) is 20.1. The van der Waals surface area contributed by atoms with E-state index in [1.165, 1.54) is 6.08 Å². The molecule has 1 fully saturated rings. The van der Waals surface area contributed by atoms with E-state index in [1.807, 2.05) is 4.98 Å². The topological polar surface area (TPSA) is 151 Å². The van der Waals surface area contributed by atoms with Crippen LogP contribution in [0.15, 0.2) is 27.4 Å². The molecule has 2 rings (SSSR count). The van der Waals surface area contributed by atoms with E-state index in [0.29, 0.717) is 15.0 Å². The first-order chi connectivity index (χ1) is 15.5. The second-order valence-corrected chi connectivity index (χ2v) is 11.8. The lowest BCUT2D eigenvalue weighted by atomic mass is 10.1. The van der Waals surface area contributed by atoms with Crippen LogP contribution in [0.5, 0.6) is 0 Å². The monoisotopic (exact) mass is 553 g/mol. The molecule has 1 unspecified atom stereocenters. The van der Waals surface area contributed by atoms with Gasteiger partial charge in [-0.25, -0.2) is 4.79 Å². The van der Waals surface area contributed by atoms with Crippen LogP contribution in [0.4, 0.5) is 13.2 Å². The molecule has 17 heteroatoms. The summed E-state index contributed by atoms with van der Waals surface area (Å²) in [4.78, 5) is 38.6. The van der Waals surface area contributed by atoms with Crippen LogP contribution < -0.4 is 11.2 Å². The standard InChI is InChI=1S/C17H21Cl2F3N3O8P/c1-8(2)3-4-24(15(29)17(20,21)22)5-9-6-25(16(30)23-13(9)28)14-12(27)11(26)10(33-14)7-32-34(18,19)31/h3,6,10-12,14,26-27H,4-5,7H2,1-2H3,(H,23,28,30)/t10-,11?,12+,14-/m1/s1. The summed E-state index contributed by atoms with van der Waals surface area (Å²) >= 11 is 10.5. The number of carbonyl (C=O) groups is 1. The van der Waals surface area contributed by atoms with Crippen molar-refractivity contribution in [3.8, 4) is 0 Å². The molecule has 0 spiro atoms. The SMILES string of the molecule is CC(C)=CCN(Cc1cn([C@@H]2O[C@H](COP(=O)(Cl)Cl)C(O)[C@@H]2O)c(=O)[nH]c1=O)C(=O)C(F)(F)F. The molecule has 1 saturated heterocycles. The van der Waals surface area contributed by atoms with Crippen molar-refractivity contribution in [2.45, 2.75) is 51.1 Å². The summed E-state index contributed by atoms with van der Waals surface area (Å²) in [5.74, 6) is -2.21. The van der Waals surface area contributed by atoms with Gasteiger partial charge in [-0.05, 0) is 36.3 Å². The smallest absolute Gasteiger partial charge is 0.387 e. The molecular weight excluding hydrogens is 533 g/mol. The van der Waals surface area contributed by atoms with Crippen molar-refractivity contribution in [1.82, 2.24) is 14.5 Å². The van der Waals surface area contributed by atoms with E-state index in [1.54, 1.807) is 13.8 Å². The van der Waals surface area contributed by atoms with Crippen molar-refractivity contribution < 1.29 is 42.0 Å². The van der Waals surface area contributed by atoms with Gasteiger partial charge in [0.2, 0.25) is 0 Å². The number of aromatic nitrogens is 2.